The summed E-state index contributed by atoms with van der Waals surface area (Å²) < 4.78 is 5.43. The summed E-state index contributed by atoms with van der Waals surface area (Å²) in [4.78, 5) is 33.4. The molecule has 0 bridgehead atoms. The molecule has 1 aliphatic rings. The molecule has 3 N–H and O–H groups in total. The van der Waals surface area contributed by atoms with Gasteiger partial charge < -0.3 is 20.6 Å². The number of primary amides is 1. The first-order chi connectivity index (χ1) is 14.1. The summed E-state index contributed by atoms with van der Waals surface area (Å²) in [7, 11) is 0. The van der Waals surface area contributed by atoms with Gasteiger partial charge in [-0.15, -0.1) is 0 Å². The van der Waals surface area contributed by atoms with Crippen molar-refractivity contribution in [1.82, 2.24) is 4.98 Å². The monoisotopic (exact) mass is 390 g/mol. The fraction of sp³-hybridized carbons (Fsp3) is 0.143. The van der Waals surface area contributed by atoms with Crippen LogP contribution in [0.4, 0.5) is 5.69 Å². The van der Waals surface area contributed by atoms with Crippen molar-refractivity contribution in [2.24, 2.45) is 10.9 Å². The second-order valence-electron chi connectivity index (χ2n) is 6.45. The number of nitrogens with two attached hydrogens (primary N) is 1. The molecular weight excluding hydrogens is 372 g/mol. The van der Waals surface area contributed by atoms with Gasteiger partial charge in [0.2, 0.25) is 6.10 Å². The first-order valence-corrected chi connectivity index (χ1v) is 8.99. The van der Waals surface area contributed by atoms with Crippen molar-refractivity contribution in [1.29, 1.82) is 0 Å². The van der Waals surface area contributed by atoms with Crippen LogP contribution in [-0.2, 0) is 14.4 Å². The summed E-state index contributed by atoms with van der Waals surface area (Å²) in [5.41, 5.74) is 7.80. The predicted octanol–water partition coefficient (Wildman–Crippen LogP) is 2.23. The smallest absolute Gasteiger partial charge is 0.268 e. The highest BCUT2D eigenvalue weighted by Crippen LogP contribution is 2.26. The molecule has 2 aromatic carbocycles. The van der Waals surface area contributed by atoms with E-state index in [1.807, 2.05) is 36.4 Å². The number of ether oxygens (including phenoxy) is 1. The first-order valence-electron chi connectivity index (χ1n) is 8.99. The zero-order valence-corrected chi connectivity index (χ0v) is 15.4. The molecule has 146 valence electrons. The molecule has 0 fully saturated rings. The summed E-state index contributed by atoms with van der Waals surface area (Å²) in [6, 6.07) is 16.3. The summed E-state index contributed by atoms with van der Waals surface area (Å²) in [5, 5.41) is 7.77. The van der Waals surface area contributed by atoms with Gasteiger partial charge in [-0.1, -0.05) is 23.4 Å². The number of carbonyl (C=O) groups is 2. The van der Waals surface area contributed by atoms with Crippen LogP contribution in [0.5, 0.6) is 5.75 Å². The van der Waals surface area contributed by atoms with Crippen LogP contribution in [0.2, 0.25) is 0 Å². The Morgan fingerprint density at radius 2 is 2.00 bits per heavy atom. The van der Waals surface area contributed by atoms with Gasteiger partial charge in [0.15, 0.2) is 6.61 Å². The van der Waals surface area contributed by atoms with Crippen LogP contribution in [0, 0.1) is 0 Å². The van der Waals surface area contributed by atoms with Crippen LogP contribution >= 0.6 is 0 Å². The number of nitrogens with zero attached hydrogens (tertiary/aromatic N) is 2. The summed E-state index contributed by atoms with van der Waals surface area (Å²) in [6.45, 7) is -0.246. The summed E-state index contributed by atoms with van der Waals surface area (Å²) in [5.74, 6) is -0.434. The molecule has 8 nitrogen and oxygen atoms in total. The number of hydrogen-bond acceptors (Lipinski definition) is 6. The minimum Gasteiger partial charge on any atom is -0.483 e. The third kappa shape index (κ3) is 4.01. The number of para-hydroxylation sites is 1. The van der Waals surface area contributed by atoms with E-state index in [4.69, 9.17) is 15.3 Å². The van der Waals surface area contributed by atoms with Crippen LogP contribution in [0.15, 0.2) is 65.9 Å². The van der Waals surface area contributed by atoms with Crippen LogP contribution in [-0.4, -0.2) is 35.2 Å². The van der Waals surface area contributed by atoms with Gasteiger partial charge in [0, 0.05) is 23.6 Å². The van der Waals surface area contributed by atoms with Crippen molar-refractivity contribution in [2.45, 2.75) is 12.5 Å². The number of rotatable bonds is 6. The number of carbonyl (C=O) groups excluding carboxylic acids is 2. The molecule has 0 spiro atoms. The fourth-order valence-corrected chi connectivity index (χ4v) is 3.08. The van der Waals surface area contributed by atoms with E-state index in [0.717, 1.165) is 10.9 Å². The van der Waals surface area contributed by atoms with Gasteiger partial charge in [-0.3, -0.25) is 14.6 Å². The van der Waals surface area contributed by atoms with Crippen LogP contribution < -0.4 is 15.8 Å². The molecule has 0 saturated carbocycles. The lowest BCUT2D eigenvalue weighted by Crippen LogP contribution is -2.28. The molecular formula is C21H18N4O4. The standard InChI is InChI=1S/C21H18N4O4/c22-20(26)12-28-18-9-2-1-5-14(18)17-11-19(29-25-17)21(27)24-16-8-3-7-15-13(16)6-4-10-23-15/h1-10,19H,11-12H2,(H2,22,26)(H,24,27). The summed E-state index contributed by atoms with van der Waals surface area (Å²) in [6.07, 6.45) is 1.19. The molecule has 2 amide bonds. The average Bonchev–Trinajstić information content (AvgIpc) is 3.23. The molecule has 2 heterocycles. The Morgan fingerprint density at radius 3 is 2.86 bits per heavy atom. The van der Waals surface area contributed by atoms with Gasteiger partial charge in [0.05, 0.1) is 16.9 Å². The quantitative estimate of drug-likeness (QED) is 0.670. The van der Waals surface area contributed by atoms with Gasteiger partial charge in [-0.05, 0) is 36.4 Å². The Hall–Kier alpha value is -3.94. The van der Waals surface area contributed by atoms with E-state index in [9.17, 15) is 9.59 Å². The van der Waals surface area contributed by atoms with Gasteiger partial charge >= 0.3 is 0 Å². The molecule has 3 aromatic rings. The number of benzene rings is 2. The highest BCUT2D eigenvalue weighted by molar-refractivity contribution is 6.09. The molecule has 0 radical (unpaired) electrons. The largest absolute Gasteiger partial charge is 0.483 e. The third-order valence-corrected chi connectivity index (χ3v) is 4.43. The number of aromatic nitrogens is 1. The van der Waals surface area contributed by atoms with Crippen LogP contribution in [0.3, 0.4) is 0 Å². The fourth-order valence-electron chi connectivity index (χ4n) is 3.08. The van der Waals surface area contributed by atoms with E-state index in [0.29, 0.717) is 22.7 Å². The highest BCUT2D eigenvalue weighted by atomic mass is 16.6. The molecule has 0 aliphatic carbocycles. The molecule has 4 rings (SSSR count). The van der Waals surface area contributed by atoms with Gasteiger partial charge in [0.1, 0.15) is 5.75 Å². The number of pyridine rings is 1. The number of fused-ring (bicyclic) bond motifs is 1. The predicted molar refractivity (Wildman–Crippen MR) is 108 cm³/mol. The molecule has 1 aliphatic heterocycles. The average molecular weight is 390 g/mol. The van der Waals surface area contributed by atoms with E-state index in [-0.39, 0.29) is 18.9 Å². The SMILES string of the molecule is NC(=O)COc1ccccc1C1=NOC(C(=O)Nc2cccc3ncccc23)C1. The maximum absolute atomic E-state index is 12.7. The van der Waals surface area contributed by atoms with E-state index < -0.39 is 12.0 Å². The summed E-state index contributed by atoms with van der Waals surface area (Å²) >= 11 is 0. The Morgan fingerprint density at radius 1 is 1.14 bits per heavy atom. The van der Waals surface area contributed by atoms with Crippen molar-refractivity contribution in [3.8, 4) is 5.75 Å². The topological polar surface area (TPSA) is 116 Å². The molecule has 8 heteroatoms. The molecule has 29 heavy (non-hydrogen) atoms. The second-order valence-corrected chi connectivity index (χ2v) is 6.45. The zero-order valence-electron chi connectivity index (χ0n) is 15.4. The van der Waals surface area contributed by atoms with Crippen molar-refractivity contribution in [3.05, 3.63) is 66.4 Å². The van der Waals surface area contributed by atoms with Gasteiger partial charge in [-0.2, -0.15) is 0 Å². The number of anilines is 1. The number of amides is 2. The lowest BCUT2D eigenvalue weighted by Gasteiger charge is -2.12. The zero-order chi connectivity index (χ0) is 20.2. The second kappa shape index (κ2) is 7.97. The van der Waals surface area contributed by atoms with Crippen molar-refractivity contribution in [3.63, 3.8) is 0 Å². The number of hydrogen-bond donors (Lipinski definition) is 2. The Balaban J connectivity index is 1.47. The van der Waals surface area contributed by atoms with E-state index >= 15 is 0 Å². The van der Waals surface area contributed by atoms with Crippen molar-refractivity contribution < 1.29 is 19.2 Å². The maximum atomic E-state index is 12.7. The molecule has 1 unspecified atom stereocenters. The third-order valence-electron chi connectivity index (χ3n) is 4.43. The molecule has 0 saturated heterocycles. The number of nitrogens with one attached hydrogen (secondary N) is 1. The Bertz CT molecular complexity index is 1110. The minimum absolute atomic E-state index is 0.246. The first kappa shape index (κ1) is 18.4. The Kier molecular flexibility index (Phi) is 5.07. The Labute approximate surface area is 166 Å². The van der Waals surface area contributed by atoms with E-state index in [1.165, 1.54) is 0 Å². The number of oxime groups is 1. The minimum atomic E-state index is -0.777. The lowest BCUT2D eigenvalue weighted by molar-refractivity contribution is -0.125. The molecule has 1 aromatic heterocycles. The van der Waals surface area contributed by atoms with Gasteiger partial charge in [0.25, 0.3) is 11.8 Å². The molecule has 1 atom stereocenters. The van der Waals surface area contributed by atoms with Gasteiger partial charge in [-0.25, -0.2) is 0 Å². The van der Waals surface area contributed by atoms with Crippen LogP contribution in [0.1, 0.15) is 12.0 Å². The van der Waals surface area contributed by atoms with E-state index in [1.54, 1.807) is 24.4 Å². The lowest BCUT2D eigenvalue weighted by atomic mass is 10.0. The maximum Gasteiger partial charge on any atom is 0.268 e. The van der Waals surface area contributed by atoms with E-state index in [2.05, 4.69) is 15.5 Å². The normalized spacial score (nSPS) is 15.4. The van der Waals surface area contributed by atoms with Crippen molar-refractivity contribution >= 4 is 34.1 Å². The van der Waals surface area contributed by atoms with Crippen LogP contribution in [0.25, 0.3) is 10.9 Å². The highest BCUT2D eigenvalue weighted by Gasteiger charge is 2.30. The van der Waals surface area contributed by atoms with Crippen molar-refractivity contribution in [2.75, 3.05) is 11.9 Å².